The van der Waals surface area contributed by atoms with Gasteiger partial charge >= 0.3 is 0 Å². The maximum Gasteiger partial charge on any atom is 0.0725 e. The lowest BCUT2D eigenvalue weighted by atomic mass is 9.61. The van der Waals surface area contributed by atoms with Gasteiger partial charge in [0.05, 0.1) is 11.0 Å². The summed E-state index contributed by atoms with van der Waals surface area (Å²) in [4.78, 5) is 2.66. The fraction of sp³-hybridized carbons (Fsp3) is 0.176. The Labute approximate surface area is 307 Å². The summed E-state index contributed by atoms with van der Waals surface area (Å²) in [5.74, 6) is 0. The molecule has 1 aliphatic heterocycles. The quantitative estimate of drug-likeness (QED) is 0.181. The number of hydrogen-bond donors (Lipinski definition) is 0. The van der Waals surface area contributed by atoms with Crippen molar-refractivity contribution in [3.8, 4) is 44.5 Å². The molecule has 1 spiro atoms. The predicted octanol–water partition coefficient (Wildman–Crippen LogP) is 13.1. The molecule has 2 unspecified atom stereocenters. The number of hydrogen-bond acceptors (Lipinski definition) is 1. The molecule has 52 heavy (non-hydrogen) atoms. The summed E-state index contributed by atoms with van der Waals surface area (Å²) in [6.45, 7) is 5.04. The maximum atomic E-state index is 2.66. The van der Waals surface area contributed by atoms with Crippen LogP contribution in [-0.4, -0.2) is 5.54 Å². The van der Waals surface area contributed by atoms with Crippen LogP contribution in [0.1, 0.15) is 67.3 Å². The van der Waals surface area contributed by atoms with Crippen LogP contribution in [-0.2, 0) is 10.8 Å². The Hall–Kier alpha value is -5.66. The topological polar surface area (TPSA) is 3.24 Å². The van der Waals surface area contributed by atoms with Crippen molar-refractivity contribution < 1.29 is 0 Å². The summed E-state index contributed by atoms with van der Waals surface area (Å²) < 4.78 is 0. The van der Waals surface area contributed by atoms with Crippen molar-refractivity contribution in [2.75, 3.05) is 4.90 Å². The highest BCUT2D eigenvalue weighted by Crippen LogP contribution is 2.63. The molecule has 11 rings (SSSR count). The minimum absolute atomic E-state index is 0.0604. The lowest BCUT2D eigenvalue weighted by Gasteiger charge is -2.50. The molecule has 250 valence electrons. The second-order valence-electron chi connectivity index (χ2n) is 15.9. The highest BCUT2D eigenvalue weighted by atomic mass is 15.3. The minimum atomic E-state index is -0.295. The molecule has 0 saturated heterocycles. The van der Waals surface area contributed by atoms with Gasteiger partial charge in [0.25, 0.3) is 0 Å². The van der Waals surface area contributed by atoms with Gasteiger partial charge in [0, 0.05) is 16.8 Å². The number of benzene rings is 7. The van der Waals surface area contributed by atoms with Crippen LogP contribution in [0.25, 0.3) is 44.5 Å². The number of para-hydroxylation sites is 1. The molecule has 1 heteroatoms. The monoisotopic (exact) mass is 667 g/mol. The molecule has 3 aliphatic carbocycles. The second-order valence-corrected chi connectivity index (χ2v) is 15.9. The molecular formula is C51H41N. The average molecular weight is 668 g/mol. The summed E-state index contributed by atoms with van der Waals surface area (Å²) in [6.07, 6.45) is 5.01. The van der Waals surface area contributed by atoms with Gasteiger partial charge in [0.1, 0.15) is 0 Å². The molecule has 0 bridgehead atoms. The van der Waals surface area contributed by atoms with Crippen molar-refractivity contribution in [2.45, 2.75) is 55.9 Å². The van der Waals surface area contributed by atoms with E-state index in [-0.39, 0.29) is 16.4 Å². The minimum Gasteiger partial charge on any atom is -0.334 e. The SMILES string of the molecule is CC12CCCCC1(C)N(c1ccccc1)c1ccc(-c3ccc(-c4ccc5c(c4)-c4ccccc4C54c5ccccc5-c5ccccc54)cc3)cc12. The Bertz CT molecular complexity index is 2520. The average Bonchev–Trinajstić information content (AvgIpc) is 3.75. The van der Waals surface area contributed by atoms with E-state index >= 15 is 0 Å². The molecule has 7 aromatic rings. The van der Waals surface area contributed by atoms with Crippen LogP contribution in [0.4, 0.5) is 11.4 Å². The lowest BCUT2D eigenvalue weighted by molar-refractivity contribution is 0.195. The third kappa shape index (κ3) is 3.73. The molecule has 1 heterocycles. The molecule has 0 radical (unpaired) electrons. The van der Waals surface area contributed by atoms with E-state index < -0.39 is 0 Å². The zero-order chi connectivity index (χ0) is 34.7. The van der Waals surface area contributed by atoms with Crippen molar-refractivity contribution >= 4 is 11.4 Å². The van der Waals surface area contributed by atoms with E-state index in [2.05, 4.69) is 183 Å². The largest absolute Gasteiger partial charge is 0.334 e. The molecule has 1 fully saturated rings. The van der Waals surface area contributed by atoms with Crippen LogP contribution >= 0.6 is 0 Å². The van der Waals surface area contributed by atoms with Gasteiger partial charge in [-0.3, -0.25) is 0 Å². The Kier molecular flexibility index (Phi) is 6.17. The first-order valence-electron chi connectivity index (χ1n) is 19.1. The number of anilines is 2. The molecule has 0 aromatic heterocycles. The van der Waals surface area contributed by atoms with Gasteiger partial charge in [0.15, 0.2) is 0 Å². The van der Waals surface area contributed by atoms with Crippen molar-refractivity contribution in [3.63, 3.8) is 0 Å². The predicted molar refractivity (Wildman–Crippen MR) is 216 cm³/mol. The highest BCUT2D eigenvalue weighted by molar-refractivity contribution is 5.96. The molecule has 2 atom stereocenters. The lowest BCUT2D eigenvalue weighted by Crippen LogP contribution is -2.54. The number of nitrogens with zero attached hydrogens (tertiary/aromatic N) is 1. The van der Waals surface area contributed by atoms with E-state index in [1.54, 1.807) is 0 Å². The van der Waals surface area contributed by atoms with E-state index in [1.807, 2.05) is 0 Å². The molecule has 0 N–H and O–H groups in total. The van der Waals surface area contributed by atoms with Gasteiger partial charge in [-0.2, -0.15) is 0 Å². The Balaban J connectivity index is 0.993. The van der Waals surface area contributed by atoms with Crippen LogP contribution in [0.3, 0.4) is 0 Å². The molecule has 1 saturated carbocycles. The number of fused-ring (bicyclic) bond motifs is 13. The zero-order valence-electron chi connectivity index (χ0n) is 29.9. The van der Waals surface area contributed by atoms with Gasteiger partial charge in [-0.05, 0) is 122 Å². The second kappa shape index (κ2) is 10.7. The molecule has 1 nitrogen and oxygen atoms in total. The first-order chi connectivity index (χ1) is 25.5. The smallest absolute Gasteiger partial charge is 0.0725 e. The van der Waals surface area contributed by atoms with Crippen molar-refractivity contribution in [1.82, 2.24) is 0 Å². The van der Waals surface area contributed by atoms with E-state index in [9.17, 15) is 0 Å². The van der Waals surface area contributed by atoms with Crippen LogP contribution in [0, 0.1) is 0 Å². The zero-order valence-corrected chi connectivity index (χ0v) is 29.9. The van der Waals surface area contributed by atoms with E-state index in [0.717, 1.165) is 0 Å². The highest BCUT2D eigenvalue weighted by Gasteiger charge is 2.57. The van der Waals surface area contributed by atoms with Crippen molar-refractivity contribution in [3.05, 3.63) is 192 Å². The maximum absolute atomic E-state index is 2.66. The Morgan fingerprint density at radius 2 is 0.885 bits per heavy atom. The van der Waals surface area contributed by atoms with E-state index in [1.165, 1.54) is 109 Å². The van der Waals surface area contributed by atoms with Gasteiger partial charge < -0.3 is 4.90 Å². The first kappa shape index (κ1) is 30.0. The molecular weight excluding hydrogens is 627 g/mol. The summed E-state index contributed by atoms with van der Waals surface area (Å²) in [5, 5.41) is 0. The van der Waals surface area contributed by atoms with Gasteiger partial charge in [-0.25, -0.2) is 0 Å². The molecule has 7 aromatic carbocycles. The van der Waals surface area contributed by atoms with Crippen LogP contribution in [0.15, 0.2) is 164 Å². The van der Waals surface area contributed by atoms with E-state index in [4.69, 9.17) is 0 Å². The van der Waals surface area contributed by atoms with Crippen LogP contribution in [0.2, 0.25) is 0 Å². The molecule has 0 amide bonds. The van der Waals surface area contributed by atoms with Gasteiger partial charge in [0.2, 0.25) is 0 Å². The Morgan fingerprint density at radius 1 is 0.404 bits per heavy atom. The van der Waals surface area contributed by atoms with Gasteiger partial charge in [-0.1, -0.05) is 153 Å². The van der Waals surface area contributed by atoms with E-state index in [0.29, 0.717) is 0 Å². The standard InChI is InChI=1S/C51H41N/c1-49-30-12-13-31-50(49,2)52(38-14-4-3-5-15-38)48-29-27-37(33-47(48)49)35-24-22-34(23-25-35)36-26-28-46-42(32-36)41-18-8-11-21-45(41)51(46)43-19-9-6-16-39(43)40-17-7-10-20-44(40)51/h3-11,14-29,32-33H,12-13,30-31H2,1-2H3. The third-order valence-electron chi connectivity index (χ3n) is 13.7. The molecule has 4 aliphatic rings. The van der Waals surface area contributed by atoms with Crippen molar-refractivity contribution in [1.29, 1.82) is 0 Å². The Morgan fingerprint density at radius 3 is 1.52 bits per heavy atom. The van der Waals surface area contributed by atoms with Crippen molar-refractivity contribution in [2.24, 2.45) is 0 Å². The van der Waals surface area contributed by atoms with Crippen LogP contribution < -0.4 is 4.90 Å². The fourth-order valence-corrected chi connectivity index (χ4v) is 11.0. The van der Waals surface area contributed by atoms with Gasteiger partial charge in [-0.15, -0.1) is 0 Å². The third-order valence-corrected chi connectivity index (χ3v) is 13.7. The van der Waals surface area contributed by atoms with Crippen LogP contribution in [0.5, 0.6) is 0 Å². The fourth-order valence-electron chi connectivity index (χ4n) is 11.0. The number of rotatable bonds is 3. The summed E-state index contributed by atoms with van der Waals surface area (Å²) in [6, 6.07) is 62.0. The first-order valence-corrected chi connectivity index (χ1v) is 19.1. The summed E-state index contributed by atoms with van der Waals surface area (Å²) in [5.41, 5.74) is 20.1. The summed E-state index contributed by atoms with van der Waals surface area (Å²) >= 11 is 0. The normalized spacial score (nSPS) is 21.2. The summed E-state index contributed by atoms with van der Waals surface area (Å²) in [7, 11) is 0.